The lowest BCUT2D eigenvalue weighted by molar-refractivity contribution is -0.126. The Bertz CT molecular complexity index is 288. The lowest BCUT2D eigenvalue weighted by Crippen LogP contribution is -2.39. The van der Waals surface area contributed by atoms with Crippen LogP contribution in [-0.2, 0) is 9.59 Å². The molecule has 1 fully saturated rings. The minimum absolute atomic E-state index is 0.0451. The zero-order valence-corrected chi connectivity index (χ0v) is 11.5. The SMILES string of the molecule is CC(C)CNC(=O)CNC(=O)CC1(CS)CC1. The van der Waals surface area contributed by atoms with Gasteiger partial charge in [-0.1, -0.05) is 13.8 Å². The molecule has 1 aliphatic carbocycles. The van der Waals surface area contributed by atoms with Crippen LogP contribution in [0.2, 0.25) is 0 Å². The Balaban J connectivity index is 2.13. The van der Waals surface area contributed by atoms with Crippen molar-refractivity contribution in [2.24, 2.45) is 11.3 Å². The minimum atomic E-state index is -0.122. The van der Waals surface area contributed by atoms with Crippen molar-refractivity contribution < 1.29 is 9.59 Å². The lowest BCUT2D eigenvalue weighted by Gasteiger charge is -2.12. The molecule has 0 aromatic rings. The lowest BCUT2D eigenvalue weighted by atomic mass is 10.1. The standard InChI is InChI=1S/C12H22N2O2S/c1-9(2)6-13-11(16)7-14-10(15)5-12(8-17)3-4-12/h9,17H,3-8H2,1-2H3,(H,13,16)(H,14,15). The molecule has 0 bridgehead atoms. The first kappa shape index (κ1) is 14.4. The molecule has 1 saturated carbocycles. The fourth-order valence-corrected chi connectivity index (χ4v) is 1.96. The second kappa shape index (κ2) is 6.28. The molecule has 2 amide bonds. The summed E-state index contributed by atoms with van der Waals surface area (Å²) >= 11 is 4.24. The number of thiol groups is 1. The van der Waals surface area contributed by atoms with Gasteiger partial charge in [-0.2, -0.15) is 12.6 Å². The van der Waals surface area contributed by atoms with E-state index >= 15 is 0 Å². The van der Waals surface area contributed by atoms with Crippen LogP contribution in [0.25, 0.3) is 0 Å². The summed E-state index contributed by atoms with van der Waals surface area (Å²) in [6.07, 6.45) is 2.64. The number of rotatable bonds is 7. The summed E-state index contributed by atoms with van der Waals surface area (Å²) in [6.45, 7) is 4.79. The normalized spacial score (nSPS) is 16.7. The maximum Gasteiger partial charge on any atom is 0.239 e. The first-order valence-electron chi connectivity index (χ1n) is 6.12. The first-order valence-corrected chi connectivity index (χ1v) is 6.75. The Morgan fingerprint density at radius 2 is 1.88 bits per heavy atom. The Morgan fingerprint density at radius 1 is 1.24 bits per heavy atom. The molecule has 0 radical (unpaired) electrons. The van der Waals surface area contributed by atoms with Crippen molar-refractivity contribution in [3.05, 3.63) is 0 Å². The van der Waals surface area contributed by atoms with Crippen molar-refractivity contribution >= 4 is 24.4 Å². The molecule has 98 valence electrons. The zero-order chi connectivity index (χ0) is 12.9. The number of carbonyl (C=O) groups excluding carboxylic acids is 2. The van der Waals surface area contributed by atoms with Gasteiger partial charge in [0.1, 0.15) is 0 Å². The third-order valence-corrected chi connectivity index (χ3v) is 3.65. The van der Waals surface area contributed by atoms with Crippen LogP contribution in [0.15, 0.2) is 0 Å². The van der Waals surface area contributed by atoms with E-state index in [0.29, 0.717) is 18.9 Å². The molecule has 4 nitrogen and oxygen atoms in total. The second-order valence-corrected chi connectivity index (χ2v) is 5.63. The molecule has 1 rings (SSSR count). The average Bonchev–Trinajstić information content (AvgIpc) is 3.04. The molecule has 0 spiro atoms. The summed E-state index contributed by atoms with van der Waals surface area (Å²) in [6, 6.07) is 0. The highest BCUT2D eigenvalue weighted by atomic mass is 32.1. The Morgan fingerprint density at radius 3 is 2.35 bits per heavy atom. The molecule has 0 atom stereocenters. The van der Waals surface area contributed by atoms with E-state index in [9.17, 15) is 9.59 Å². The van der Waals surface area contributed by atoms with Gasteiger partial charge >= 0.3 is 0 Å². The van der Waals surface area contributed by atoms with Gasteiger partial charge in [0, 0.05) is 13.0 Å². The van der Waals surface area contributed by atoms with Crippen LogP contribution < -0.4 is 10.6 Å². The molecule has 5 heteroatoms. The highest BCUT2D eigenvalue weighted by Gasteiger charge is 2.42. The van der Waals surface area contributed by atoms with Gasteiger partial charge in [-0.25, -0.2) is 0 Å². The quantitative estimate of drug-likeness (QED) is 0.596. The summed E-state index contributed by atoms with van der Waals surface area (Å²) in [7, 11) is 0. The molecule has 1 aliphatic rings. The van der Waals surface area contributed by atoms with Gasteiger partial charge in [-0.15, -0.1) is 0 Å². The van der Waals surface area contributed by atoms with Crippen molar-refractivity contribution in [3.63, 3.8) is 0 Å². The van der Waals surface area contributed by atoms with E-state index in [4.69, 9.17) is 0 Å². The van der Waals surface area contributed by atoms with Gasteiger partial charge in [-0.05, 0) is 29.9 Å². The van der Waals surface area contributed by atoms with Crippen molar-refractivity contribution in [2.75, 3.05) is 18.8 Å². The topological polar surface area (TPSA) is 58.2 Å². The maximum atomic E-state index is 11.6. The van der Waals surface area contributed by atoms with Crippen LogP contribution in [0.5, 0.6) is 0 Å². The smallest absolute Gasteiger partial charge is 0.239 e. The van der Waals surface area contributed by atoms with E-state index in [2.05, 4.69) is 23.3 Å². The number of carbonyl (C=O) groups is 2. The highest BCUT2D eigenvalue weighted by Crippen LogP contribution is 2.49. The summed E-state index contributed by atoms with van der Waals surface area (Å²) in [5, 5.41) is 5.41. The van der Waals surface area contributed by atoms with Gasteiger partial charge in [-0.3, -0.25) is 9.59 Å². The second-order valence-electron chi connectivity index (χ2n) is 5.31. The fraction of sp³-hybridized carbons (Fsp3) is 0.833. The van der Waals surface area contributed by atoms with E-state index in [1.54, 1.807) is 0 Å². The molecule has 0 aromatic heterocycles. The Kier molecular flexibility index (Phi) is 5.31. The molecule has 0 aliphatic heterocycles. The predicted octanol–water partition coefficient (Wildman–Crippen LogP) is 0.975. The number of hydrogen-bond acceptors (Lipinski definition) is 3. The van der Waals surface area contributed by atoms with Crippen molar-refractivity contribution in [1.82, 2.24) is 10.6 Å². The minimum Gasteiger partial charge on any atom is -0.354 e. The summed E-state index contributed by atoms with van der Waals surface area (Å²) < 4.78 is 0. The van der Waals surface area contributed by atoms with E-state index in [0.717, 1.165) is 18.6 Å². The van der Waals surface area contributed by atoms with Crippen molar-refractivity contribution in [3.8, 4) is 0 Å². The van der Waals surface area contributed by atoms with E-state index in [1.807, 2.05) is 13.8 Å². The molecular formula is C12H22N2O2S. The van der Waals surface area contributed by atoms with Gasteiger partial charge in [0.15, 0.2) is 0 Å². The van der Waals surface area contributed by atoms with Gasteiger partial charge < -0.3 is 10.6 Å². The molecule has 0 saturated heterocycles. The van der Waals surface area contributed by atoms with Crippen LogP contribution in [0, 0.1) is 11.3 Å². The summed E-state index contributed by atoms with van der Waals surface area (Å²) in [4.78, 5) is 22.9. The fourth-order valence-electron chi connectivity index (χ4n) is 1.53. The highest BCUT2D eigenvalue weighted by molar-refractivity contribution is 7.80. The Hall–Kier alpha value is -0.710. The summed E-state index contributed by atoms with van der Waals surface area (Å²) in [5.74, 6) is 1.01. The van der Waals surface area contributed by atoms with Gasteiger partial charge in [0.2, 0.25) is 11.8 Å². The molecular weight excluding hydrogens is 236 g/mol. The summed E-state index contributed by atoms with van der Waals surface area (Å²) in [5.41, 5.74) is 0.113. The molecule has 2 N–H and O–H groups in total. The molecule has 0 unspecified atom stereocenters. The van der Waals surface area contributed by atoms with E-state index < -0.39 is 0 Å². The number of nitrogens with one attached hydrogen (secondary N) is 2. The van der Waals surface area contributed by atoms with Crippen LogP contribution in [0.1, 0.15) is 33.1 Å². The third kappa shape index (κ3) is 5.44. The molecule has 0 heterocycles. The first-order chi connectivity index (χ1) is 7.97. The predicted molar refractivity (Wildman–Crippen MR) is 71.0 cm³/mol. The maximum absolute atomic E-state index is 11.6. The van der Waals surface area contributed by atoms with Crippen molar-refractivity contribution in [2.45, 2.75) is 33.1 Å². The monoisotopic (exact) mass is 258 g/mol. The zero-order valence-electron chi connectivity index (χ0n) is 10.6. The van der Waals surface area contributed by atoms with Gasteiger partial charge in [0.05, 0.1) is 6.54 Å². The van der Waals surface area contributed by atoms with Gasteiger partial charge in [0.25, 0.3) is 0 Å². The molecule has 0 aromatic carbocycles. The van der Waals surface area contributed by atoms with Crippen LogP contribution in [0.3, 0.4) is 0 Å². The van der Waals surface area contributed by atoms with Crippen LogP contribution in [-0.4, -0.2) is 30.7 Å². The number of hydrogen-bond donors (Lipinski definition) is 3. The average molecular weight is 258 g/mol. The Labute approximate surface area is 108 Å². The van der Waals surface area contributed by atoms with Crippen LogP contribution >= 0.6 is 12.6 Å². The van der Waals surface area contributed by atoms with E-state index in [1.165, 1.54) is 0 Å². The molecule has 17 heavy (non-hydrogen) atoms. The number of amides is 2. The van der Waals surface area contributed by atoms with Crippen LogP contribution in [0.4, 0.5) is 0 Å². The van der Waals surface area contributed by atoms with E-state index in [-0.39, 0.29) is 23.8 Å². The third-order valence-electron chi connectivity index (χ3n) is 2.98. The van der Waals surface area contributed by atoms with Crippen molar-refractivity contribution in [1.29, 1.82) is 0 Å². The largest absolute Gasteiger partial charge is 0.354 e.